The van der Waals surface area contributed by atoms with E-state index in [1.807, 2.05) is 24.2 Å². The summed E-state index contributed by atoms with van der Waals surface area (Å²) >= 11 is 0. The molecule has 0 radical (unpaired) electrons. The number of carbonyl (C=O) groups excluding carboxylic acids is 3. The summed E-state index contributed by atoms with van der Waals surface area (Å²) in [7, 11) is 0. The third-order valence-corrected chi connectivity index (χ3v) is 13.8. The third kappa shape index (κ3) is 8.04. The standard InChI is InChI=1S/C46H60N8O4/c1-4-52(5-2)35-23-21-34(22-24-35)43(55)53-26-8-11-39(53)41-48-28-37(50-41)32-17-13-30(14-18-32)31-15-19-33(20-16-31)38-29-49-42(51-38)40-12-9-27-54(40)44(56)36-10-6-7-25-46(36,3)58-45(47)57/h13-20,28-29,34-36,39-40H,4-12,21-27H2,1-3H3,(H2,47,57)(H,48,50)(H,49,51)/t34?,35?,36-,39?,40?,46-/m1/s1. The van der Waals surface area contributed by atoms with Crippen molar-refractivity contribution in [2.75, 3.05) is 26.2 Å². The fourth-order valence-corrected chi connectivity index (χ4v) is 10.5. The van der Waals surface area contributed by atoms with Gasteiger partial charge >= 0.3 is 6.09 Å². The van der Waals surface area contributed by atoms with E-state index in [1.54, 1.807) is 0 Å². The van der Waals surface area contributed by atoms with Crippen LogP contribution in [0.25, 0.3) is 33.6 Å². The van der Waals surface area contributed by atoms with Gasteiger partial charge in [-0.3, -0.25) is 9.59 Å². The lowest BCUT2D eigenvalue weighted by Gasteiger charge is -2.41. The van der Waals surface area contributed by atoms with Crippen LogP contribution in [0, 0.1) is 11.8 Å². The predicted octanol–water partition coefficient (Wildman–Crippen LogP) is 8.41. The highest BCUT2D eigenvalue weighted by Gasteiger charge is 2.48. The number of H-pyrrole nitrogens is 2. The number of aromatic amines is 2. The molecule has 2 aliphatic heterocycles. The van der Waals surface area contributed by atoms with Gasteiger partial charge in [-0.15, -0.1) is 0 Å². The van der Waals surface area contributed by atoms with Crippen LogP contribution in [0.5, 0.6) is 0 Å². The summed E-state index contributed by atoms with van der Waals surface area (Å²) in [6, 6.07) is 17.4. The molecule has 3 amide bonds. The van der Waals surface area contributed by atoms with Crippen molar-refractivity contribution in [3.8, 4) is 33.6 Å². The predicted molar refractivity (Wildman–Crippen MR) is 224 cm³/mol. The minimum atomic E-state index is -0.891. The molecule has 308 valence electrons. The van der Waals surface area contributed by atoms with E-state index in [2.05, 4.69) is 82.1 Å². The maximum atomic E-state index is 13.9. The second-order valence-corrected chi connectivity index (χ2v) is 17.2. The first-order valence-corrected chi connectivity index (χ1v) is 21.8. The first-order valence-electron chi connectivity index (χ1n) is 21.8. The molecule has 4 aliphatic rings. The van der Waals surface area contributed by atoms with Crippen LogP contribution in [0.1, 0.15) is 122 Å². The first kappa shape index (κ1) is 39.8. The highest BCUT2D eigenvalue weighted by molar-refractivity contribution is 5.82. The molecule has 12 heteroatoms. The van der Waals surface area contributed by atoms with Crippen molar-refractivity contribution in [2.24, 2.45) is 17.6 Å². The smallest absolute Gasteiger partial charge is 0.405 e. The van der Waals surface area contributed by atoms with E-state index in [4.69, 9.17) is 20.4 Å². The molecule has 2 aliphatic carbocycles. The number of rotatable bonds is 11. The van der Waals surface area contributed by atoms with Crippen molar-refractivity contribution in [1.29, 1.82) is 0 Å². The molecule has 0 spiro atoms. The average Bonchev–Trinajstić information content (AvgIpc) is 4.08. The summed E-state index contributed by atoms with van der Waals surface area (Å²) in [4.78, 5) is 62.6. The van der Waals surface area contributed by atoms with Gasteiger partial charge in [-0.2, -0.15) is 0 Å². The molecule has 4 N–H and O–H groups in total. The van der Waals surface area contributed by atoms with Crippen LogP contribution < -0.4 is 5.73 Å². The molecule has 2 saturated heterocycles. The Morgan fingerprint density at radius 1 is 0.707 bits per heavy atom. The van der Waals surface area contributed by atoms with E-state index in [0.29, 0.717) is 31.3 Å². The van der Waals surface area contributed by atoms with Gasteiger partial charge in [-0.05, 0) is 113 Å². The van der Waals surface area contributed by atoms with Gasteiger partial charge < -0.3 is 35.1 Å². The van der Waals surface area contributed by atoms with Gasteiger partial charge in [0.05, 0.1) is 41.8 Å². The number of nitrogens with two attached hydrogens (primary N) is 1. The Kier molecular flexibility index (Phi) is 11.7. The first-order chi connectivity index (χ1) is 28.2. The van der Waals surface area contributed by atoms with Gasteiger partial charge in [0.2, 0.25) is 11.8 Å². The highest BCUT2D eigenvalue weighted by Crippen LogP contribution is 2.42. The Morgan fingerprint density at radius 3 is 1.71 bits per heavy atom. The van der Waals surface area contributed by atoms with Crippen LogP contribution in [0.15, 0.2) is 60.9 Å². The van der Waals surface area contributed by atoms with Crippen LogP contribution in [0.4, 0.5) is 4.79 Å². The van der Waals surface area contributed by atoms with Gasteiger partial charge in [0.15, 0.2) is 0 Å². The SMILES string of the molecule is CCN(CC)C1CCC(C(=O)N2CCCC2c2ncc(-c3ccc(-c4ccc(-c5cnc(C6CCCN6C(=O)[C@H]6CCCC[C@@]6(C)OC(N)=O)[nH]5)cc4)cc3)[nH]2)CC1. The molecule has 4 aromatic rings. The van der Waals surface area contributed by atoms with Gasteiger partial charge in [0.25, 0.3) is 0 Å². The Balaban J connectivity index is 0.890. The average molecular weight is 789 g/mol. The molecule has 0 bridgehead atoms. The summed E-state index contributed by atoms with van der Waals surface area (Å²) in [6.45, 7) is 9.92. The maximum Gasteiger partial charge on any atom is 0.405 e. The van der Waals surface area contributed by atoms with Crippen molar-refractivity contribution in [2.45, 2.75) is 122 Å². The number of amides is 3. The number of ether oxygens (including phenoxy) is 1. The van der Waals surface area contributed by atoms with Crippen molar-refractivity contribution in [3.63, 3.8) is 0 Å². The number of nitrogens with one attached hydrogen (secondary N) is 2. The fraction of sp³-hybridized carbons (Fsp3) is 0.543. The van der Waals surface area contributed by atoms with Crippen molar-refractivity contribution < 1.29 is 19.1 Å². The van der Waals surface area contributed by atoms with E-state index in [0.717, 1.165) is 129 Å². The van der Waals surface area contributed by atoms with E-state index in [9.17, 15) is 14.4 Å². The largest absolute Gasteiger partial charge is 0.443 e. The number of likely N-dealkylation sites (tertiary alicyclic amines) is 2. The summed E-state index contributed by atoms with van der Waals surface area (Å²) in [6.07, 6.45) is 13.9. The number of aromatic nitrogens is 4. The summed E-state index contributed by atoms with van der Waals surface area (Å²) in [5, 5.41) is 0. The molecular formula is C46H60N8O4. The third-order valence-electron chi connectivity index (χ3n) is 13.8. The molecule has 4 atom stereocenters. The molecule has 8 rings (SSSR count). The molecule has 2 aromatic heterocycles. The topological polar surface area (TPSA) is 154 Å². The van der Waals surface area contributed by atoms with Gasteiger partial charge in [-0.25, -0.2) is 14.8 Å². The number of imidazole rings is 2. The summed E-state index contributed by atoms with van der Waals surface area (Å²) in [5.41, 5.74) is 10.7. The normalized spacial score (nSPS) is 26.3. The van der Waals surface area contributed by atoms with Crippen LogP contribution in [0.2, 0.25) is 0 Å². The second kappa shape index (κ2) is 17.1. The van der Waals surface area contributed by atoms with E-state index in [1.165, 1.54) is 0 Å². The van der Waals surface area contributed by atoms with Gasteiger partial charge in [-0.1, -0.05) is 68.8 Å². The van der Waals surface area contributed by atoms with Crippen molar-refractivity contribution in [3.05, 3.63) is 72.6 Å². The lowest BCUT2D eigenvalue weighted by molar-refractivity contribution is -0.148. The van der Waals surface area contributed by atoms with E-state index in [-0.39, 0.29) is 23.9 Å². The van der Waals surface area contributed by atoms with Crippen molar-refractivity contribution >= 4 is 17.9 Å². The number of hydrogen-bond acceptors (Lipinski definition) is 7. The van der Waals surface area contributed by atoms with Crippen LogP contribution in [-0.2, 0) is 14.3 Å². The molecule has 4 fully saturated rings. The zero-order chi connectivity index (χ0) is 40.4. The molecule has 58 heavy (non-hydrogen) atoms. The van der Waals surface area contributed by atoms with Gasteiger partial charge in [0.1, 0.15) is 17.2 Å². The van der Waals surface area contributed by atoms with Crippen LogP contribution in [-0.4, -0.2) is 90.4 Å². The number of hydrogen-bond donors (Lipinski definition) is 3. The Bertz CT molecular complexity index is 2050. The lowest BCUT2D eigenvalue weighted by Crippen LogP contribution is -2.51. The number of primary amides is 1. The van der Waals surface area contributed by atoms with E-state index >= 15 is 0 Å². The van der Waals surface area contributed by atoms with Gasteiger partial charge in [0, 0.05) is 25.0 Å². The van der Waals surface area contributed by atoms with Crippen LogP contribution >= 0.6 is 0 Å². The second-order valence-electron chi connectivity index (χ2n) is 17.2. The molecule has 4 heterocycles. The van der Waals surface area contributed by atoms with E-state index < -0.39 is 17.6 Å². The molecule has 2 unspecified atom stereocenters. The molecule has 12 nitrogen and oxygen atoms in total. The lowest BCUT2D eigenvalue weighted by atomic mass is 9.75. The minimum absolute atomic E-state index is 0.00705. The zero-order valence-corrected chi connectivity index (χ0v) is 34.4. The number of benzene rings is 2. The van der Waals surface area contributed by atoms with Crippen molar-refractivity contribution in [1.82, 2.24) is 34.6 Å². The molecule has 2 aromatic carbocycles. The summed E-state index contributed by atoms with van der Waals surface area (Å²) in [5.74, 6) is 1.69. The quantitative estimate of drug-likeness (QED) is 0.138. The zero-order valence-electron chi connectivity index (χ0n) is 34.4. The highest BCUT2D eigenvalue weighted by atomic mass is 16.6. The maximum absolute atomic E-state index is 13.9. The minimum Gasteiger partial charge on any atom is -0.443 e. The number of nitrogens with zero attached hydrogens (tertiary/aromatic N) is 5. The fourth-order valence-electron chi connectivity index (χ4n) is 10.5. The molecule has 2 saturated carbocycles. The van der Waals surface area contributed by atoms with Crippen LogP contribution in [0.3, 0.4) is 0 Å². The Morgan fingerprint density at radius 2 is 1.21 bits per heavy atom. The number of carbonyl (C=O) groups is 3. The molecular weight excluding hydrogens is 729 g/mol. The Labute approximate surface area is 342 Å². The summed E-state index contributed by atoms with van der Waals surface area (Å²) < 4.78 is 5.55. The Hall–Kier alpha value is -4.97. The monoisotopic (exact) mass is 788 g/mol.